The molecule has 1 aliphatic heterocycles. The van der Waals surface area contributed by atoms with Crippen LogP contribution in [-0.4, -0.2) is 43.2 Å². The number of piperidine rings is 1. The summed E-state index contributed by atoms with van der Waals surface area (Å²) in [7, 11) is 0. The lowest BCUT2D eigenvalue weighted by atomic mass is 9.99. The molecule has 0 unspecified atom stereocenters. The number of benzene rings is 2. The van der Waals surface area contributed by atoms with E-state index in [0.717, 1.165) is 58.2 Å². The third kappa shape index (κ3) is 5.42. The molecule has 2 aliphatic rings. The Hall–Kier alpha value is -1.88. The van der Waals surface area contributed by atoms with E-state index in [-0.39, 0.29) is 18.3 Å². The molecule has 4 rings (SSSR count). The Kier molecular flexibility index (Phi) is 8.32. The van der Waals surface area contributed by atoms with Gasteiger partial charge in [0.1, 0.15) is 0 Å². The van der Waals surface area contributed by atoms with E-state index in [0.29, 0.717) is 19.1 Å². The molecule has 0 saturated carbocycles. The van der Waals surface area contributed by atoms with E-state index in [4.69, 9.17) is 10.5 Å². The number of fused-ring (bicyclic) bond motifs is 3. The number of hydrogen-bond acceptors (Lipinski definition) is 3. The minimum Gasteiger partial charge on any atom is -0.378 e. The summed E-state index contributed by atoms with van der Waals surface area (Å²) in [6.07, 6.45) is 6.63. The minimum atomic E-state index is 0. The van der Waals surface area contributed by atoms with Crippen LogP contribution in [0.3, 0.4) is 0 Å². The molecule has 1 fully saturated rings. The van der Waals surface area contributed by atoms with E-state index in [9.17, 15) is 4.79 Å². The van der Waals surface area contributed by atoms with Gasteiger partial charge in [-0.15, -0.1) is 12.4 Å². The minimum absolute atomic E-state index is 0. The Morgan fingerprint density at radius 3 is 2.60 bits per heavy atom. The van der Waals surface area contributed by atoms with Crippen molar-refractivity contribution in [1.29, 1.82) is 0 Å². The summed E-state index contributed by atoms with van der Waals surface area (Å²) in [6, 6.07) is 15.5. The summed E-state index contributed by atoms with van der Waals surface area (Å²) in [5.74, 6) is 0.289. The van der Waals surface area contributed by atoms with E-state index in [1.807, 2.05) is 4.90 Å². The quantitative estimate of drug-likeness (QED) is 0.542. The van der Waals surface area contributed by atoms with Gasteiger partial charge in [0.25, 0.3) is 0 Å². The number of carbonyl (C=O) groups excluding carboxylic acids is 1. The zero-order valence-corrected chi connectivity index (χ0v) is 18.5. The number of rotatable bonds is 8. The molecular weight excluding hydrogens is 396 g/mol. The molecule has 2 N–H and O–H groups in total. The zero-order chi connectivity index (χ0) is 20.1. The zero-order valence-electron chi connectivity index (χ0n) is 17.6. The highest BCUT2D eigenvalue weighted by Crippen LogP contribution is 2.37. The predicted molar refractivity (Wildman–Crippen MR) is 124 cm³/mol. The van der Waals surface area contributed by atoms with E-state index < -0.39 is 0 Å². The summed E-state index contributed by atoms with van der Waals surface area (Å²) in [6.45, 7) is 3.05. The van der Waals surface area contributed by atoms with Crippen molar-refractivity contribution in [3.63, 3.8) is 0 Å². The highest BCUT2D eigenvalue weighted by atomic mass is 35.5. The molecule has 5 heteroatoms. The van der Waals surface area contributed by atoms with Gasteiger partial charge in [-0.1, -0.05) is 42.5 Å². The van der Waals surface area contributed by atoms with Crippen molar-refractivity contribution in [2.75, 3.05) is 26.2 Å². The number of hydrogen-bond donors (Lipinski definition) is 1. The standard InChI is InChI=1S/C25H32N2O2.ClH/c26-13-4-16-29-22-11-14-27(15-12-22)25(28)8-3-5-19-9-10-21-18-20-6-1-2-7-23(20)24(21)17-19;/h1-2,6-7,9-10,17,22H,3-5,8,11-16,18,26H2;1H. The van der Waals surface area contributed by atoms with Gasteiger partial charge in [-0.25, -0.2) is 0 Å². The monoisotopic (exact) mass is 428 g/mol. The largest absolute Gasteiger partial charge is 0.378 e. The van der Waals surface area contributed by atoms with Gasteiger partial charge in [0.15, 0.2) is 0 Å². The second kappa shape index (κ2) is 10.9. The van der Waals surface area contributed by atoms with E-state index >= 15 is 0 Å². The Morgan fingerprint density at radius 1 is 1.03 bits per heavy atom. The molecule has 0 spiro atoms. The lowest BCUT2D eigenvalue weighted by Crippen LogP contribution is -2.41. The van der Waals surface area contributed by atoms with Crippen LogP contribution >= 0.6 is 12.4 Å². The van der Waals surface area contributed by atoms with E-state index in [1.165, 1.54) is 27.8 Å². The first-order chi connectivity index (χ1) is 14.2. The topological polar surface area (TPSA) is 55.6 Å². The summed E-state index contributed by atoms with van der Waals surface area (Å²) in [5.41, 5.74) is 12.4. The third-order valence-corrected chi connectivity index (χ3v) is 6.22. The second-order valence-electron chi connectivity index (χ2n) is 8.27. The van der Waals surface area contributed by atoms with Gasteiger partial charge >= 0.3 is 0 Å². The number of halogens is 1. The van der Waals surface area contributed by atoms with Crippen LogP contribution in [-0.2, 0) is 22.4 Å². The van der Waals surface area contributed by atoms with Crippen molar-refractivity contribution >= 4 is 18.3 Å². The maximum absolute atomic E-state index is 12.6. The van der Waals surface area contributed by atoms with Crippen LogP contribution in [0.1, 0.15) is 48.8 Å². The molecular formula is C25H33ClN2O2. The number of nitrogens with zero attached hydrogens (tertiary/aromatic N) is 1. The van der Waals surface area contributed by atoms with Crippen LogP contribution in [0.2, 0.25) is 0 Å². The number of carbonyl (C=O) groups is 1. The van der Waals surface area contributed by atoms with Crippen molar-refractivity contribution in [1.82, 2.24) is 4.90 Å². The maximum Gasteiger partial charge on any atom is 0.222 e. The maximum atomic E-state index is 12.6. The Labute approximate surface area is 186 Å². The Morgan fingerprint density at radius 2 is 1.80 bits per heavy atom. The molecule has 0 atom stereocenters. The summed E-state index contributed by atoms with van der Waals surface area (Å²) >= 11 is 0. The van der Waals surface area contributed by atoms with Crippen molar-refractivity contribution < 1.29 is 9.53 Å². The fraction of sp³-hybridized carbons (Fsp3) is 0.480. The van der Waals surface area contributed by atoms with E-state index in [2.05, 4.69) is 42.5 Å². The molecule has 0 bridgehead atoms. The molecule has 0 aromatic heterocycles. The van der Waals surface area contributed by atoms with Gasteiger partial charge in [0.05, 0.1) is 6.10 Å². The Bertz CT molecular complexity index is 847. The molecule has 1 aliphatic carbocycles. The first-order valence-electron chi connectivity index (χ1n) is 11.0. The highest BCUT2D eigenvalue weighted by Gasteiger charge is 2.23. The van der Waals surface area contributed by atoms with Crippen LogP contribution in [0.4, 0.5) is 0 Å². The first kappa shape index (κ1) is 22.8. The average Bonchev–Trinajstić information content (AvgIpc) is 3.12. The van der Waals surface area contributed by atoms with Gasteiger partial charge in [-0.3, -0.25) is 4.79 Å². The van der Waals surface area contributed by atoms with Crippen LogP contribution in [0.15, 0.2) is 42.5 Å². The lowest BCUT2D eigenvalue weighted by molar-refractivity contribution is -0.133. The van der Waals surface area contributed by atoms with Gasteiger partial charge in [-0.2, -0.15) is 0 Å². The van der Waals surface area contributed by atoms with Crippen molar-refractivity contribution in [3.05, 3.63) is 59.2 Å². The first-order valence-corrected chi connectivity index (χ1v) is 11.0. The van der Waals surface area contributed by atoms with E-state index in [1.54, 1.807) is 0 Å². The molecule has 1 heterocycles. The second-order valence-corrected chi connectivity index (χ2v) is 8.27. The molecule has 2 aromatic rings. The fourth-order valence-corrected chi connectivity index (χ4v) is 4.53. The van der Waals surface area contributed by atoms with Crippen LogP contribution in [0.5, 0.6) is 0 Å². The molecule has 1 saturated heterocycles. The van der Waals surface area contributed by atoms with Crippen molar-refractivity contribution in [2.45, 2.75) is 51.0 Å². The molecule has 162 valence electrons. The number of likely N-dealkylation sites (tertiary alicyclic amines) is 1. The fourth-order valence-electron chi connectivity index (χ4n) is 4.53. The number of amides is 1. The van der Waals surface area contributed by atoms with Gasteiger partial charge in [0, 0.05) is 26.1 Å². The summed E-state index contributed by atoms with van der Waals surface area (Å²) < 4.78 is 5.83. The van der Waals surface area contributed by atoms with Crippen LogP contribution in [0.25, 0.3) is 11.1 Å². The highest BCUT2D eigenvalue weighted by molar-refractivity contribution is 5.85. The lowest BCUT2D eigenvalue weighted by Gasteiger charge is -2.32. The van der Waals surface area contributed by atoms with Gasteiger partial charge in [-0.05, 0) is 72.9 Å². The van der Waals surface area contributed by atoms with Crippen LogP contribution in [0, 0.1) is 0 Å². The van der Waals surface area contributed by atoms with Crippen LogP contribution < -0.4 is 5.73 Å². The van der Waals surface area contributed by atoms with Crippen molar-refractivity contribution in [2.24, 2.45) is 5.73 Å². The SMILES string of the molecule is Cl.NCCCOC1CCN(C(=O)CCCc2ccc3c(c2)-c2ccccc2C3)CC1. The molecule has 1 amide bonds. The number of nitrogens with two attached hydrogens (primary N) is 1. The summed E-state index contributed by atoms with van der Waals surface area (Å²) in [4.78, 5) is 14.6. The smallest absolute Gasteiger partial charge is 0.222 e. The normalized spacial score (nSPS) is 15.4. The average molecular weight is 429 g/mol. The molecule has 4 nitrogen and oxygen atoms in total. The number of aryl methyl sites for hydroxylation is 1. The molecule has 30 heavy (non-hydrogen) atoms. The predicted octanol–water partition coefficient (Wildman–Crippen LogP) is 4.36. The van der Waals surface area contributed by atoms with Crippen molar-refractivity contribution in [3.8, 4) is 11.1 Å². The third-order valence-electron chi connectivity index (χ3n) is 6.22. The Balaban J connectivity index is 0.00000256. The van der Waals surface area contributed by atoms with Gasteiger partial charge < -0.3 is 15.4 Å². The summed E-state index contributed by atoms with van der Waals surface area (Å²) in [5, 5.41) is 0. The molecule has 0 radical (unpaired) electrons. The number of ether oxygens (including phenoxy) is 1. The molecule has 2 aromatic carbocycles. The van der Waals surface area contributed by atoms with Gasteiger partial charge in [0.2, 0.25) is 5.91 Å².